The van der Waals surface area contributed by atoms with E-state index < -0.39 is 0 Å². The Morgan fingerprint density at radius 2 is 0.593 bits per heavy atom. The number of rotatable bonds is 8. The highest BCUT2D eigenvalue weighted by molar-refractivity contribution is 5.94. The van der Waals surface area contributed by atoms with Gasteiger partial charge in [0.2, 0.25) is 0 Å². The summed E-state index contributed by atoms with van der Waals surface area (Å²) >= 11 is 0. The molecule has 0 atom stereocenters. The van der Waals surface area contributed by atoms with Crippen LogP contribution in [0.25, 0.3) is 56.2 Å². The summed E-state index contributed by atoms with van der Waals surface area (Å²) in [6.45, 7) is 4.66. The lowest BCUT2D eigenvalue weighted by Crippen LogP contribution is -2.16. The van der Waals surface area contributed by atoms with Crippen LogP contribution in [0.2, 0.25) is 0 Å². The van der Waals surface area contributed by atoms with Gasteiger partial charge in [-0.25, -0.2) is 0 Å². The zero-order valence-corrected chi connectivity index (χ0v) is 30.7. The lowest BCUT2D eigenvalue weighted by Gasteiger charge is -2.26. The third-order valence-corrected chi connectivity index (χ3v) is 10.9. The van der Waals surface area contributed by atoms with Crippen LogP contribution < -0.4 is 4.90 Å². The fourth-order valence-electron chi connectivity index (χ4n) is 7.93. The molecule has 258 valence electrons. The topological polar surface area (TPSA) is 3.24 Å². The summed E-state index contributed by atoms with van der Waals surface area (Å²) < 4.78 is 0. The Morgan fingerprint density at radius 1 is 0.296 bits per heavy atom. The van der Waals surface area contributed by atoms with Gasteiger partial charge in [0.05, 0.1) is 0 Å². The highest BCUT2D eigenvalue weighted by Gasteiger charge is 2.33. The zero-order valence-electron chi connectivity index (χ0n) is 30.7. The lowest BCUT2D eigenvalue weighted by atomic mass is 9.78. The van der Waals surface area contributed by atoms with Gasteiger partial charge in [0.15, 0.2) is 0 Å². The molecule has 8 aromatic rings. The van der Waals surface area contributed by atoms with Crippen molar-refractivity contribution in [3.63, 3.8) is 0 Å². The van der Waals surface area contributed by atoms with Crippen molar-refractivity contribution in [3.05, 3.63) is 223 Å². The van der Waals surface area contributed by atoms with E-state index in [0.29, 0.717) is 0 Å². The molecule has 0 aromatic heterocycles. The first-order chi connectivity index (χ1) is 26.5. The second-order valence-electron chi connectivity index (χ2n) is 14.6. The molecule has 8 aromatic carbocycles. The van der Waals surface area contributed by atoms with Crippen molar-refractivity contribution in [2.45, 2.75) is 19.3 Å². The maximum Gasteiger partial charge on any atom is 0.0462 e. The molecule has 1 nitrogen and oxygen atoms in total. The number of allylic oxidation sites excluding steroid dienone is 1. The van der Waals surface area contributed by atoms with Crippen LogP contribution in [0.4, 0.5) is 17.1 Å². The van der Waals surface area contributed by atoms with Crippen molar-refractivity contribution < 1.29 is 0 Å². The van der Waals surface area contributed by atoms with E-state index in [-0.39, 0.29) is 5.41 Å². The van der Waals surface area contributed by atoms with E-state index in [1.807, 2.05) is 0 Å². The van der Waals surface area contributed by atoms with Crippen LogP contribution in [0.3, 0.4) is 0 Å². The SMILES string of the molecule is CC1(C)C(c2ccc(-c3ccc(N(c4ccc(-c5ccccc5)cc4)c4ccc(-c5ccc(-c6ccccc6)cc5)cc4)cc3)cc2)=Cc2ccccc21. The maximum absolute atomic E-state index is 2.36. The predicted octanol–water partition coefficient (Wildman–Crippen LogP) is 14.7. The van der Waals surface area contributed by atoms with Crippen LogP contribution in [0.5, 0.6) is 0 Å². The summed E-state index contributed by atoms with van der Waals surface area (Å²) in [6.07, 6.45) is 2.36. The monoisotopic (exact) mass is 691 g/mol. The summed E-state index contributed by atoms with van der Waals surface area (Å²) in [7, 11) is 0. The molecule has 1 aliphatic carbocycles. The first-order valence-corrected chi connectivity index (χ1v) is 18.8. The molecule has 1 heteroatoms. The van der Waals surface area contributed by atoms with Crippen LogP contribution in [0, 0.1) is 0 Å². The minimum absolute atomic E-state index is 0.0201. The van der Waals surface area contributed by atoms with Crippen LogP contribution >= 0.6 is 0 Å². The van der Waals surface area contributed by atoms with E-state index in [1.165, 1.54) is 66.8 Å². The van der Waals surface area contributed by atoms with Gasteiger partial charge < -0.3 is 4.90 Å². The van der Waals surface area contributed by atoms with Crippen molar-refractivity contribution in [2.75, 3.05) is 4.90 Å². The van der Waals surface area contributed by atoms with Gasteiger partial charge in [0.25, 0.3) is 0 Å². The number of fused-ring (bicyclic) bond motifs is 1. The molecule has 0 amide bonds. The van der Waals surface area contributed by atoms with Gasteiger partial charge in [0, 0.05) is 22.5 Å². The molecule has 0 fully saturated rings. The van der Waals surface area contributed by atoms with Gasteiger partial charge >= 0.3 is 0 Å². The van der Waals surface area contributed by atoms with Gasteiger partial charge in [-0.3, -0.25) is 0 Å². The summed E-state index contributed by atoms with van der Waals surface area (Å²) in [6, 6.07) is 74.6. The van der Waals surface area contributed by atoms with Gasteiger partial charge in [-0.2, -0.15) is 0 Å². The van der Waals surface area contributed by atoms with Crippen molar-refractivity contribution in [3.8, 4) is 44.5 Å². The minimum atomic E-state index is -0.0201. The van der Waals surface area contributed by atoms with E-state index in [0.717, 1.165) is 17.1 Å². The molecule has 0 saturated carbocycles. The molecule has 0 unspecified atom stereocenters. The largest absolute Gasteiger partial charge is 0.311 e. The van der Waals surface area contributed by atoms with Gasteiger partial charge in [-0.15, -0.1) is 0 Å². The first-order valence-electron chi connectivity index (χ1n) is 18.8. The van der Waals surface area contributed by atoms with E-state index >= 15 is 0 Å². The van der Waals surface area contributed by atoms with E-state index in [4.69, 9.17) is 0 Å². The summed E-state index contributed by atoms with van der Waals surface area (Å²) in [5.41, 5.74) is 18.3. The normalized spacial score (nSPS) is 12.9. The molecule has 54 heavy (non-hydrogen) atoms. The highest BCUT2D eigenvalue weighted by Crippen LogP contribution is 2.46. The molecule has 0 spiro atoms. The molecule has 0 N–H and O–H groups in total. The molecular weight excluding hydrogens is 651 g/mol. The van der Waals surface area contributed by atoms with Gasteiger partial charge in [-0.05, 0) is 109 Å². The molecule has 0 heterocycles. The fraction of sp³-hybridized carbons (Fsp3) is 0.0566. The third kappa shape index (κ3) is 6.35. The van der Waals surface area contributed by atoms with Crippen molar-refractivity contribution >= 4 is 28.7 Å². The Balaban J connectivity index is 1.01. The maximum atomic E-state index is 2.36. The highest BCUT2D eigenvalue weighted by atomic mass is 15.1. The van der Waals surface area contributed by atoms with Crippen LogP contribution in [-0.4, -0.2) is 0 Å². The van der Waals surface area contributed by atoms with Crippen molar-refractivity contribution in [1.29, 1.82) is 0 Å². The van der Waals surface area contributed by atoms with Crippen molar-refractivity contribution in [2.24, 2.45) is 0 Å². The second-order valence-corrected chi connectivity index (χ2v) is 14.6. The average Bonchev–Trinajstić information content (AvgIpc) is 3.52. The molecule has 0 radical (unpaired) electrons. The predicted molar refractivity (Wildman–Crippen MR) is 230 cm³/mol. The van der Waals surface area contributed by atoms with E-state index in [9.17, 15) is 0 Å². The molecule has 0 aliphatic heterocycles. The van der Waals surface area contributed by atoms with Gasteiger partial charge in [-0.1, -0.05) is 184 Å². The average molecular weight is 692 g/mol. The molecule has 1 aliphatic rings. The first kappa shape index (κ1) is 33.2. The lowest BCUT2D eigenvalue weighted by molar-refractivity contribution is 0.704. The van der Waals surface area contributed by atoms with Crippen LogP contribution in [-0.2, 0) is 5.41 Å². The molecule has 0 saturated heterocycles. The quantitative estimate of drug-likeness (QED) is 0.153. The van der Waals surface area contributed by atoms with Crippen LogP contribution in [0.15, 0.2) is 206 Å². The summed E-state index contributed by atoms with van der Waals surface area (Å²) in [5, 5.41) is 0. The Labute approximate surface area is 319 Å². The van der Waals surface area contributed by atoms with E-state index in [2.05, 4.69) is 231 Å². The Morgan fingerprint density at radius 3 is 0.963 bits per heavy atom. The Kier molecular flexibility index (Phi) is 8.61. The Hall–Kier alpha value is -6.70. The smallest absolute Gasteiger partial charge is 0.0462 e. The van der Waals surface area contributed by atoms with Crippen molar-refractivity contribution in [1.82, 2.24) is 0 Å². The van der Waals surface area contributed by atoms with Gasteiger partial charge in [0.1, 0.15) is 0 Å². The number of nitrogens with zero attached hydrogens (tertiary/aromatic N) is 1. The number of benzene rings is 8. The summed E-state index contributed by atoms with van der Waals surface area (Å²) in [5.74, 6) is 0. The number of hydrogen-bond acceptors (Lipinski definition) is 1. The number of anilines is 3. The third-order valence-electron chi connectivity index (χ3n) is 10.9. The minimum Gasteiger partial charge on any atom is -0.311 e. The summed E-state index contributed by atoms with van der Waals surface area (Å²) in [4.78, 5) is 2.34. The fourth-order valence-corrected chi connectivity index (χ4v) is 7.93. The zero-order chi connectivity index (χ0) is 36.5. The second kappa shape index (κ2) is 14.0. The standard InChI is InChI=1S/C53H41N/c1-53(2)51-16-10-9-15-47(51)37-52(53)46-23-21-42(22-24-46)45-29-35-50(36-30-45)54(48-31-25-43(26-32-48)39-13-7-4-8-14-39)49-33-27-44(28-34-49)41-19-17-40(18-20-41)38-11-5-3-6-12-38/h3-37H,1-2H3. The number of hydrogen-bond donors (Lipinski definition) is 0. The molecular formula is C53H41N. The Bertz CT molecular complexity index is 2540. The molecule has 0 bridgehead atoms. The van der Waals surface area contributed by atoms with E-state index in [1.54, 1.807) is 0 Å². The van der Waals surface area contributed by atoms with Crippen LogP contribution in [0.1, 0.15) is 30.5 Å². The molecule has 9 rings (SSSR count).